The van der Waals surface area contributed by atoms with Gasteiger partial charge in [0.15, 0.2) is 0 Å². The normalized spacial score (nSPS) is 45.0. The van der Waals surface area contributed by atoms with Crippen molar-refractivity contribution in [3.63, 3.8) is 0 Å². The van der Waals surface area contributed by atoms with Crippen LogP contribution in [-0.2, 0) is 0 Å². The van der Waals surface area contributed by atoms with E-state index < -0.39 is 0 Å². The van der Waals surface area contributed by atoms with E-state index in [0.29, 0.717) is 0 Å². The van der Waals surface area contributed by atoms with Crippen LogP contribution < -0.4 is 5.32 Å². The predicted octanol–water partition coefficient (Wildman–Crippen LogP) is 5.93. The lowest BCUT2D eigenvalue weighted by molar-refractivity contribution is 0.141. The molecule has 3 aliphatic rings. The highest BCUT2D eigenvalue weighted by Crippen LogP contribution is 2.48. The monoisotopic (exact) mass is 305 g/mol. The maximum atomic E-state index is 3.95. The maximum Gasteiger partial charge on any atom is 0.0104 e. The SMILES string of the molecule is CC1CCCCCCCCC2CCCC[C@@H]2[C@H](C)C2CC2N1. The molecule has 1 saturated heterocycles. The topological polar surface area (TPSA) is 12.0 Å². The van der Waals surface area contributed by atoms with Gasteiger partial charge in [0.05, 0.1) is 0 Å². The molecule has 3 rings (SSSR count). The van der Waals surface area contributed by atoms with Gasteiger partial charge in [-0.25, -0.2) is 0 Å². The molecular formula is C21H39N. The fourth-order valence-electron chi connectivity index (χ4n) is 5.60. The summed E-state index contributed by atoms with van der Waals surface area (Å²) in [6.45, 7) is 5.01. The molecule has 0 radical (unpaired) electrons. The molecule has 128 valence electrons. The van der Waals surface area contributed by atoms with Crippen molar-refractivity contribution in [2.24, 2.45) is 23.7 Å². The van der Waals surface area contributed by atoms with E-state index in [1.165, 1.54) is 83.5 Å². The Morgan fingerprint density at radius 1 is 0.636 bits per heavy atom. The van der Waals surface area contributed by atoms with E-state index in [9.17, 15) is 0 Å². The summed E-state index contributed by atoms with van der Waals surface area (Å²) in [6.07, 6.45) is 19.4. The summed E-state index contributed by atoms with van der Waals surface area (Å²) in [4.78, 5) is 0. The zero-order valence-corrected chi connectivity index (χ0v) is 15.2. The van der Waals surface area contributed by atoms with Crippen molar-refractivity contribution < 1.29 is 0 Å². The minimum absolute atomic E-state index is 0.745. The minimum Gasteiger partial charge on any atom is -0.311 e. The van der Waals surface area contributed by atoms with Gasteiger partial charge >= 0.3 is 0 Å². The van der Waals surface area contributed by atoms with Crippen molar-refractivity contribution >= 4 is 0 Å². The summed E-state index contributed by atoms with van der Waals surface area (Å²) in [6, 6.07) is 1.60. The van der Waals surface area contributed by atoms with Crippen LogP contribution in [-0.4, -0.2) is 12.1 Å². The molecule has 1 nitrogen and oxygen atoms in total. The molecule has 3 fully saturated rings. The van der Waals surface area contributed by atoms with Crippen LogP contribution in [0.4, 0.5) is 0 Å². The molecule has 0 spiro atoms. The zero-order valence-electron chi connectivity index (χ0n) is 15.2. The summed E-state index contributed by atoms with van der Waals surface area (Å²) < 4.78 is 0. The Labute approximate surface area is 139 Å². The summed E-state index contributed by atoms with van der Waals surface area (Å²) in [5.41, 5.74) is 0. The van der Waals surface area contributed by atoms with Gasteiger partial charge in [0, 0.05) is 12.1 Å². The van der Waals surface area contributed by atoms with Crippen LogP contribution in [0.5, 0.6) is 0 Å². The Kier molecular flexibility index (Phi) is 6.24. The standard InChI is InChI=1S/C21H39N/c1-16-11-7-5-3-4-6-8-12-18-13-9-10-14-19(18)17(2)20-15-21(20)22-16/h16-22H,3-15H2,1-2H3/t16?,17-,18?,19+,20?,21?/m0/s1. The molecule has 0 aromatic carbocycles. The van der Waals surface area contributed by atoms with Crippen molar-refractivity contribution in [1.29, 1.82) is 0 Å². The van der Waals surface area contributed by atoms with Crippen LogP contribution in [0.15, 0.2) is 0 Å². The third-order valence-electron chi connectivity index (χ3n) is 7.12. The van der Waals surface area contributed by atoms with Gasteiger partial charge in [-0.1, -0.05) is 71.1 Å². The van der Waals surface area contributed by atoms with E-state index in [-0.39, 0.29) is 0 Å². The molecule has 0 bridgehead atoms. The molecular weight excluding hydrogens is 266 g/mol. The van der Waals surface area contributed by atoms with E-state index in [1.807, 2.05) is 0 Å². The summed E-state index contributed by atoms with van der Waals surface area (Å²) >= 11 is 0. The number of fused-ring (bicyclic) bond motifs is 2. The lowest BCUT2D eigenvalue weighted by Crippen LogP contribution is -2.32. The van der Waals surface area contributed by atoms with Gasteiger partial charge in [-0.15, -0.1) is 0 Å². The summed E-state index contributed by atoms with van der Waals surface area (Å²) in [7, 11) is 0. The van der Waals surface area contributed by atoms with Gasteiger partial charge in [-0.05, 0) is 49.9 Å². The minimum atomic E-state index is 0.745. The van der Waals surface area contributed by atoms with Gasteiger partial charge < -0.3 is 5.32 Å². The van der Waals surface area contributed by atoms with Crippen molar-refractivity contribution in [1.82, 2.24) is 5.32 Å². The Morgan fingerprint density at radius 2 is 1.23 bits per heavy atom. The zero-order chi connectivity index (χ0) is 15.4. The highest BCUT2D eigenvalue weighted by atomic mass is 15.0. The first-order valence-corrected chi connectivity index (χ1v) is 10.5. The van der Waals surface area contributed by atoms with Crippen LogP contribution in [0.1, 0.15) is 97.3 Å². The number of hydrogen-bond donors (Lipinski definition) is 1. The molecule has 0 amide bonds. The van der Waals surface area contributed by atoms with Gasteiger partial charge in [0.25, 0.3) is 0 Å². The highest BCUT2D eigenvalue weighted by molar-refractivity contribution is 5.00. The lowest BCUT2D eigenvalue weighted by Gasteiger charge is -2.36. The second kappa shape index (κ2) is 8.18. The van der Waals surface area contributed by atoms with E-state index in [2.05, 4.69) is 19.2 Å². The molecule has 6 atom stereocenters. The molecule has 22 heavy (non-hydrogen) atoms. The number of rotatable bonds is 0. The molecule has 2 aliphatic carbocycles. The van der Waals surface area contributed by atoms with E-state index >= 15 is 0 Å². The quantitative estimate of drug-likeness (QED) is 0.585. The van der Waals surface area contributed by atoms with E-state index in [0.717, 1.165) is 35.8 Å². The van der Waals surface area contributed by atoms with Gasteiger partial charge in [0.1, 0.15) is 0 Å². The fourth-order valence-corrected chi connectivity index (χ4v) is 5.60. The molecule has 1 heteroatoms. The fraction of sp³-hybridized carbons (Fsp3) is 1.00. The maximum absolute atomic E-state index is 3.95. The first-order chi connectivity index (χ1) is 10.8. The average molecular weight is 306 g/mol. The highest BCUT2D eigenvalue weighted by Gasteiger charge is 2.45. The molecule has 2 saturated carbocycles. The summed E-state index contributed by atoms with van der Waals surface area (Å²) in [5, 5.41) is 3.95. The molecule has 0 aromatic rings. The van der Waals surface area contributed by atoms with Crippen LogP contribution >= 0.6 is 0 Å². The van der Waals surface area contributed by atoms with Crippen molar-refractivity contribution in [3.05, 3.63) is 0 Å². The Hall–Kier alpha value is -0.0400. The largest absolute Gasteiger partial charge is 0.311 e. The average Bonchev–Trinajstić information content (AvgIpc) is 3.28. The van der Waals surface area contributed by atoms with Crippen LogP contribution in [0, 0.1) is 23.7 Å². The lowest BCUT2D eigenvalue weighted by atomic mass is 9.69. The number of nitrogens with one attached hydrogen (secondary N) is 1. The predicted molar refractivity (Wildman–Crippen MR) is 96.0 cm³/mol. The first kappa shape index (κ1) is 16.8. The van der Waals surface area contributed by atoms with Gasteiger partial charge in [-0.2, -0.15) is 0 Å². The first-order valence-electron chi connectivity index (χ1n) is 10.5. The third kappa shape index (κ3) is 4.49. The van der Waals surface area contributed by atoms with Crippen LogP contribution in [0.3, 0.4) is 0 Å². The van der Waals surface area contributed by atoms with Gasteiger partial charge in [0.2, 0.25) is 0 Å². The molecule has 4 unspecified atom stereocenters. The Morgan fingerprint density at radius 3 is 2.00 bits per heavy atom. The van der Waals surface area contributed by atoms with Crippen molar-refractivity contribution in [2.75, 3.05) is 0 Å². The molecule has 1 aliphatic heterocycles. The Bertz CT molecular complexity index is 326. The molecule has 1 heterocycles. The molecule has 0 aromatic heterocycles. The Balaban J connectivity index is 1.59. The molecule has 1 N–H and O–H groups in total. The second-order valence-electron chi connectivity index (χ2n) is 8.84. The van der Waals surface area contributed by atoms with Crippen LogP contribution in [0.2, 0.25) is 0 Å². The van der Waals surface area contributed by atoms with E-state index in [1.54, 1.807) is 0 Å². The second-order valence-corrected chi connectivity index (χ2v) is 8.84. The van der Waals surface area contributed by atoms with Crippen LogP contribution in [0.25, 0.3) is 0 Å². The van der Waals surface area contributed by atoms with E-state index in [4.69, 9.17) is 0 Å². The van der Waals surface area contributed by atoms with Gasteiger partial charge in [-0.3, -0.25) is 0 Å². The van der Waals surface area contributed by atoms with Crippen molar-refractivity contribution in [3.8, 4) is 0 Å². The summed E-state index contributed by atoms with van der Waals surface area (Å²) in [5.74, 6) is 4.08. The smallest absolute Gasteiger partial charge is 0.0104 e. The third-order valence-corrected chi connectivity index (χ3v) is 7.12. The number of hydrogen-bond acceptors (Lipinski definition) is 1. The van der Waals surface area contributed by atoms with Crippen molar-refractivity contribution in [2.45, 2.75) is 109 Å².